The van der Waals surface area contributed by atoms with Gasteiger partial charge in [-0.3, -0.25) is 4.72 Å². The molecule has 3 atom stereocenters. The molecule has 0 spiro atoms. The van der Waals surface area contributed by atoms with Crippen LogP contribution in [0.5, 0.6) is 5.75 Å². The molecule has 1 aromatic carbocycles. The summed E-state index contributed by atoms with van der Waals surface area (Å²) >= 11 is 14.2. The van der Waals surface area contributed by atoms with Gasteiger partial charge in [0.05, 0.1) is 21.3 Å². The monoisotopic (exact) mass is 605 g/mol. The van der Waals surface area contributed by atoms with Gasteiger partial charge in [-0.15, -0.1) is 0 Å². The minimum atomic E-state index is -3.08. The Morgan fingerprint density at radius 2 is 2.11 bits per heavy atom. The van der Waals surface area contributed by atoms with Gasteiger partial charge in [-0.05, 0) is 55.8 Å². The van der Waals surface area contributed by atoms with Crippen LogP contribution in [0.4, 0.5) is 20.4 Å². The average Bonchev–Trinajstić information content (AvgIpc) is 2.90. The maximum atomic E-state index is 12.7. The highest BCUT2D eigenvalue weighted by Crippen LogP contribution is 2.43. The number of aromatic nitrogens is 2. The number of ether oxygens (including phenoxy) is 1. The Balaban J connectivity index is 2.01. The lowest BCUT2D eigenvalue weighted by Gasteiger charge is -2.24. The molecule has 208 valence electrons. The number of hydrogen-bond donors (Lipinski definition) is 3. The Labute approximate surface area is 238 Å². The first-order chi connectivity index (χ1) is 18.1. The maximum absolute atomic E-state index is 12.7. The van der Waals surface area contributed by atoms with Crippen LogP contribution in [0.3, 0.4) is 0 Å². The van der Waals surface area contributed by atoms with Gasteiger partial charge in [0.1, 0.15) is 16.5 Å². The minimum Gasteiger partial charge on any atom is -0.459 e. The number of allylic oxidation sites excluding steroid dienone is 2. The molecule has 3 unspecified atom stereocenters. The van der Waals surface area contributed by atoms with Gasteiger partial charge in [0, 0.05) is 24.7 Å². The topological polar surface area (TPSA) is 88.2 Å². The number of hydrogen-bond acceptors (Lipinski definition) is 7. The molecule has 1 saturated heterocycles. The maximum Gasteiger partial charge on any atom is 0.330 e. The molecule has 0 aliphatic carbocycles. The molecule has 2 heterocycles. The van der Waals surface area contributed by atoms with Crippen LogP contribution in [0.2, 0.25) is 10.0 Å². The normalized spacial score (nSPS) is 17.9. The van der Waals surface area contributed by atoms with Crippen molar-refractivity contribution in [1.29, 1.82) is 0 Å². The second-order valence-corrected chi connectivity index (χ2v) is 12.0. The van der Waals surface area contributed by atoms with Crippen LogP contribution in [0.1, 0.15) is 45.7 Å². The lowest BCUT2D eigenvalue weighted by Crippen LogP contribution is -2.38. The Bertz CT molecular complexity index is 1200. The van der Waals surface area contributed by atoms with Gasteiger partial charge in [-0.2, -0.15) is 8.78 Å². The number of alkyl halides is 2. The molecule has 0 saturated carbocycles. The average molecular weight is 607 g/mol. The van der Waals surface area contributed by atoms with Crippen LogP contribution in [0.15, 0.2) is 41.6 Å². The third-order valence-corrected chi connectivity index (χ3v) is 8.29. The van der Waals surface area contributed by atoms with E-state index in [1.807, 2.05) is 26.8 Å². The third kappa shape index (κ3) is 8.29. The number of nitrogens with zero attached hydrogens (tertiary/aromatic N) is 2. The van der Waals surface area contributed by atoms with Crippen LogP contribution < -0.4 is 20.1 Å². The zero-order valence-electron chi connectivity index (χ0n) is 21.3. The molecule has 13 heteroatoms. The van der Waals surface area contributed by atoms with E-state index in [1.165, 1.54) is 23.9 Å². The molecule has 2 aromatic rings. The van der Waals surface area contributed by atoms with E-state index in [9.17, 15) is 13.0 Å². The van der Waals surface area contributed by atoms with Crippen molar-refractivity contribution in [2.45, 2.75) is 51.8 Å². The molecule has 1 aliphatic heterocycles. The first-order valence-electron chi connectivity index (χ1n) is 12.1. The van der Waals surface area contributed by atoms with E-state index in [0.29, 0.717) is 17.4 Å². The number of anilines is 2. The van der Waals surface area contributed by atoms with E-state index in [0.717, 1.165) is 42.2 Å². The third-order valence-electron chi connectivity index (χ3n) is 5.72. The van der Waals surface area contributed by atoms with Crippen molar-refractivity contribution in [2.75, 3.05) is 23.1 Å². The van der Waals surface area contributed by atoms with Gasteiger partial charge in [-0.25, -0.2) is 14.2 Å². The molecular weight excluding hydrogens is 575 g/mol. The van der Waals surface area contributed by atoms with Gasteiger partial charge >= 0.3 is 5.76 Å². The summed E-state index contributed by atoms with van der Waals surface area (Å²) in [5, 5.41) is 6.70. The molecule has 3 rings (SSSR count). The van der Waals surface area contributed by atoms with E-state index < -0.39 is 16.7 Å². The number of piperidine rings is 1. The second-order valence-electron chi connectivity index (χ2n) is 8.76. The summed E-state index contributed by atoms with van der Waals surface area (Å²) in [6.07, 6.45) is 4.55. The van der Waals surface area contributed by atoms with Crippen molar-refractivity contribution in [1.82, 2.24) is 15.3 Å². The molecule has 38 heavy (non-hydrogen) atoms. The summed E-state index contributed by atoms with van der Waals surface area (Å²) < 4.78 is 45.6. The van der Waals surface area contributed by atoms with E-state index in [-0.39, 0.29) is 33.4 Å². The van der Waals surface area contributed by atoms with Crippen LogP contribution in [0, 0.1) is 5.92 Å². The molecule has 3 N–H and O–H groups in total. The summed E-state index contributed by atoms with van der Waals surface area (Å²) in [5.74, 6) is -1.79. The van der Waals surface area contributed by atoms with Crippen molar-refractivity contribution in [3.8, 4) is 5.75 Å². The lowest BCUT2D eigenvalue weighted by atomic mass is 10.1. The van der Waals surface area contributed by atoms with Crippen molar-refractivity contribution in [3.63, 3.8) is 0 Å². The molecule has 1 fully saturated rings. The van der Waals surface area contributed by atoms with E-state index in [1.54, 1.807) is 6.20 Å². The summed E-state index contributed by atoms with van der Waals surface area (Å²) in [7, 11) is -2.63. The van der Waals surface area contributed by atoms with E-state index in [2.05, 4.69) is 26.9 Å². The molecule has 0 radical (unpaired) electrons. The molecule has 7 nitrogen and oxygen atoms in total. The summed E-state index contributed by atoms with van der Waals surface area (Å²) in [6.45, 7) is 11.8. The molecule has 0 amide bonds. The van der Waals surface area contributed by atoms with Gasteiger partial charge in [0.25, 0.3) is 0 Å². The van der Waals surface area contributed by atoms with Crippen molar-refractivity contribution in [3.05, 3.63) is 57.4 Å². The minimum absolute atomic E-state index is 0.00162. The Morgan fingerprint density at radius 3 is 2.74 bits per heavy atom. The number of halogens is 4. The summed E-state index contributed by atoms with van der Waals surface area (Å²) in [4.78, 5) is 10.8. The van der Waals surface area contributed by atoms with Crippen molar-refractivity contribution < 1.29 is 17.7 Å². The van der Waals surface area contributed by atoms with Gasteiger partial charge in [0.2, 0.25) is 5.95 Å². The number of nitrogens with one attached hydrogen (secondary N) is 3. The van der Waals surface area contributed by atoms with Crippen molar-refractivity contribution >= 4 is 62.5 Å². The molecular formula is C25H31Cl2F2N5O2S2. The molecule has 1 aliphatic rings. The van der Waals surface area contributed by atoms with Crippen LogP contribution in [-0.2, 0) is 11.0 Å². The fraction of sp³-hybridized carbons (Fsp3) is 0.440. The first kappa shape index (κ1) is 30.6. The lowest BCUT2D eigenvalue weighted by molar-refractivity contribution is 0.244. The Morgan fingerprint density at radius 1 is 1.34 bits per heavy atom. The van der Waals surface area contributed by atoms with Crippen LogP contribution >= 0.6 is 35.0 Å². The van der Waals surface area contributed by atoms with Gasteiger partial charge in [0.15, 0.2) is 11.0 Å². The fourth-order valence-electron chi connectivity index (χ4n) is 3.63. The van der Waals surface area contributed by atoms with Crippen LogP contribution in [0.25, 0.3) is 4.91 Å². The Kier molecular flexibility index (Phi) is 11.7. The smallest absolute Gasteiger partial charge is 0.330 e. The second kappa shape index (κ2) is 14.5. The zero-order chi connectivity index (χ0) is 27.8. The highest BCUT2D eigenvalue weighted by atomic mass is 35.5. The quantitative estimate of drug-likeness (QED) is 0.219. The molecule has 1 aromatic heterocycles. The fourth-order valence-corrected chi connectivity index (χ4v) is 5.48. The summed E-state index contributed by atoms with van der Waals surface area (Å²) in [5.41, 5.74) is 0.666. The number of benzene rings is 1. The number of rotatable bonds is 12. The summed E-state index contributed by atoms with van der Waals surface area (Å²) in [6, 6.07) is 4.93. The van der Waals surface area contributed by atoms with Gasteiger partial charge in [-0.1, -0.05) is 55.4 Å². The van der Waals surface area contributed by atoms with Crippen LogP contribution in [-0.4, -0.2) is 39.1 Å². The predicted molar refractivity (Wildman–Crippen MR) is 155 cm³/mol. The highest BCUT2D eigenvalue weighted by Gasteiger charge is 2.24. The van der Waals surface area contributed by atoms with Gasteiger partial charge < -0.3 is 15.4 Å². The van der Waals surface area contributed by atoms with E-state index >= 15 is 0 Å². The first-order valence-corrected chi connectivity index (χ1v) is 14.9. The largest absolute Gasteiger partial charge is 0.459 e. The zero-order valence-corrected chi connectivity index (χ0v) is 24.5. The SMILES string of the molecule is C=C(C)S/C(=C(/Oc1ccc(NS(=O)C(F)F)c(Cl)c1Cl)C(C)CC)c1ccnc(NC2CCCNC2)n1. The highest BCUT2D eigenvalue weighted by molar-refractivity contribution is 8.11. The predicted octanol–water partition coefficient (Wildman–Crippen LogP) is 7.31. The van der Waals surface area contributed by atoms with Crippen molar-refractivity contribution in [2.24, 2.45) is 5.92 Å². The molecule has 0 bridgehead atoms. The Hall–Kier alpha value is -1.92. The van der Waals surface area contributed by atoms with E-state index in [4.69, 9.17) is 32.9 Å². The number of thioether (sulfide) groups is 1. The standard InChI is InChI=1S/C25H31Cl2F2N5O2S2/c1-5-15(4)22(36-19-9-8-17(20(26)21(19)27)34-38(35)24(28)29)23(37-14(2)3)18-10-12-31-25(33-18)32-16-7-6-11-30-13-16/h8-10,12,15-16,24,30,34H,2,5-7,11,13H2,1,3-4H3,(H,31,32,33)/b23-22+.